The Morgan fingerprint density at radius 2 is 1.72 bits per heavy atom. The van der Waals surface area contributed by atoms with Crippen molar-refractivity contribution in [3.8, 4) is 0 Å². The molecule has 0 bridgehead atoms. The molecule has 0 saturated heterocycles. The van der Waals surface area contributed by atoms with E-state index in [-0.39, 0.29) is 5.91 Å². The summed E-state index contributed by atoms with van der Waals surface area (Å²) in [5, 5.41) is 2.91. The van der Waals surface area contributed by atoms with Crippen molar-refractivity contribution in [2.45, 2.75) is 32.7 Å². The van der Waals surface area contributed by atoms with E-state index in [0.29, 0.717) is 18.7 Å². The van der Waals surface area contributed by atoms with Crippen LogP contribution in [0.3, 0.4) is 0 Å². The molecule has 1 N–H and O–H groups in total. The molecule has 1 amide bonds. The van der Waals surface area contributed by atoms with Gasteiger partial charge in [-0.1, -0.05) is 37.3 Å². The normalized spacial score (nSPS) is 12.3. The summed E-state index contributed by atoms with van der Waals surface area (Å²) in [4.78, 5) is 14.9. The SMILES string of the molecule is CC[C@@H](C(=O)NCCCN(C)c1ccccc1)N(c1cccc(C)c1)S(C)(=O)=O. The number of hydrogen-bond donors (Lipinski definition) is 1. The number of para-hydroxylation sites is 1. The molecule has 0 aromatic heterocycles. The van der Waals surface area contributed by atoms with Crippen LogP contribution >= 0.6 is 0 Å². The minimum Gasteiger partial charge on any atom is -0.375 e. The number of aryl methyl sites for hydroxylation is 1. The maximum absolute atomic E-state index is 12.8. The molecule has 2 aromatic rings. The van der Waals surface area contributed by atoms with Crippen LogP contribution in [-0.2, 0) is 14.8 Å². The standard InChI is InChI=1S/C22H31N3O3S/c1-5-21(25(29(4,27)28)20-14-9-11-18(2)17-20)22(26)23-15-10-16-24(3)19-12-7-6-8-13-19/h6-9,11-14,17,21H,5,10,15-16H2,1-4H3,(H,23,26)/t21-/m0/s1. The second-order valence-electron chi connectivity index (χ2n) is 7.22. The number of rotatable bonds is 10. The molecule has 0 aliphatic rings. The van der Waals surface area contributed by atoms with E-state index in [1.165, 1.54) is 4.31 Å². The minimum absolute atomic E-state index is 0.276. The summed E-state index contributed by atoms with van der Waals surface area (Å²) in [6.07, 6.45) is 2.29. The number of nitrogens with one attached hydrogen (secondary N) is 1. The number of benzene rings is 2. The van der Waals surface area contributed by atoms with E-state index in [4.69, 9.17) is 0 Å². The van der Waals surface area contributed by atoms with Gasteiger partial charge in [-0.25, -0.2) is 8.42 Å². The van der Waals surface area contributed by atoms with Crippen LogP contribution in [0.4, 0.5) is 11.4 Å². The molecule has 0 saturated carbocycles. The number of carbonyl (C=O) groups is 1. The van der Waals surface area contributed by atoms with Crippen molar-refractivity contribution in [2.75, 3.05) is 35.6 Å². The lowest BCUT2D eigenvalue weighted by Gasteiger charge is -2.30. The Morgan fingerprint density at radius 1 is 1.07 bits per heavy atom. The lowest BCUT2D eigenvalue weighted by molar-refractivity contribution is -0.122. The van der Waals surface area contributed by atoms with Crippen LogP contribution in [0.2, 0.25) is 0 Å². The van der Waals surface area contributed by atoms with E-state index in [1.807, 2.05) is 57.3 Å². The van der Waals surface area contributed by atoms with Crippen molar-refractivity contribution in [3.05, 3.63) is 60.2 Å². The first-order chi connectivity index (χ1) is 13.7. The number of hydrogen-bond acceptors (Lipinski definition) is 4. The molecule has 0 unspecified atom stereocenters. The zero-order valence-corrected chi connectivity index (χ0v) is 18.4. The van der Waals surface area contributed by atoms with Gasteiger partial charge in [0.1, 0.15) is 6.04 Å². The first kappa shape index (κ1) is 22.7. The van der Waals surface area contributed by atoms with Crippen molar-refractivity contribution >= 4 is 27.3 Å². The quantitative estimate of drug-likeness (QED) is 0.603. The summed E-state index contributed by atoms with van der Waals surface area (Å²) in [7, 11) is -1.60. The van der Waals surface area contributed by atoms with Gasteiger partial charge < -0.3 is 10.2 Å². The molecule has 0 spiro atoms. The van der Waals surface area contributed by atoms with E-state index in [0.717, 1.165) is 30.5 Å². The topological polar surface area (TPSA) is 69.7 Å². The van der Waals surface area contributed by atoms with Gasteiger partial charge in [-0.2, -0.15) is 0 Å². The van der Waals surface area contributed by atoms with Gasteiger partial charge in [-0.3, -0.25) is 9.10 Å². The van der Waals surface area contributed by atoms with Crippen LogP contribution in [-0.4, -0.2) is 46.8 Å². The Hall–Kier alpha value is -2.54. The van der Waals surface area contributed by atoms with E-state index in [9.17, 15) is 13.2 Å². The van der Waals surface area contributed by atoms with Gasteiger partial charge >= 0.3 is 0 Å². The fourth-order valence-electron chi connectivity index (χ4n) is 3.28. The molecule has 2 aromatic carbocycles. The highest BCUT2D eigenvalue weighted by Gasteiger charge is 2.31. The molecule has 158 valence electrons. The second-order valence-corrected chi connectivity index (χ2v) is 9.08. The number of carbonyl (C=O) groups excluding carboxylic acids is 1. The highest BCUT2D eigenvalue weighted by molar-refractivity contribution is 7.92. The first-order valence-corrected chi connectivity index (χ1v) is 11.7. The predicted octanol–water partition coefficient (Wildman–Crippen LogP) is 3.18. The molecule has 0 heterocycles. The average Bonchev–Trinajstić information content (AvgIpc) is 2.68. The second kappa shape index (κ2) is 10.3. The maximum Gasteiger partial charge on any atom is 0.243 e. The summed E-state index contributed by atoms with van der Waals surface area (Å²) in [6, 6.07) is 16.5. The zero-order valence-electron chi connectivity index (χ0n) is 17.6. The Labute approximate surface area is 174 Å². The van der Waals surface area contributed by atoms with Gasteiger partial charge in [0.15, 0.2) is 0 Å². The van der Waals surface area contributed by atoms with Crippen molar-refractivity contribution in [2.24, 2.45) is 0 Å². The van der Waals surface area contributed by atoms with E-state index in [2.05, 4.69) is 10.2 Å². The zero-order chi connectivity index (χ0) is 21.4. The summed E-state index contributed by atoms with van der Waals surface area (Å²) < 4.78 is 26.2. The fraction of sp³-hybridized carbons (Fsp3) is 0.409. The van der Waals surface area contributed by atoms with Gasteiger partial charge in [0, 0.05) is 25.8 Å². The third kappa shape index (κ3) is 6.49. The van der Waals surface area contributed by atoms with E-state index >= 15 is 0 Å². The molecule has 0 aliphatic heterocycles. The Balaban J connectivity index is 2.00. The summed E-state index contributed by atoms with van der Waals surface area (Å²) in [5.74, 6) is -0.276. The molecule has 7 heteroatoms. The lowest BCUT2D eigenvalue weighted by Crippen LogP contribution is -2.49. The number of anilines is 2. The maximum atomic E-state index is 12.8. The molecule has 29 heavy (non-hydrogen) atoms. The molecule has 0 fully saturated rings. The number of amides is 1. The summed E-state index contributed by atoms with van der Waals surface area (Å²) >= 11 is 0. The highest BCUT2D eigenvalue weighted by Crippen LogP contribution is 2.23. The lowest BCUT2D eigenvalue weighted by atomic mass is 10.1. The molecular weight excluding hydrogens is 386 g/mol. The van der Waals surface area contributed by atoms with Crippen LogP contribution in [0.15, 0.2) is 54.6 Å². The predicted molar refractivity (Wildman–Crippen MR) is 120 cm³/mol. The van der Waals surface area contributed by atoms with E-state index < -0.39 is 16.1 Å². The van der Waals surface area contributed by atoms with Gasteiger partial charge in [0.05, 0.1) is 11.9 Å². The van der Waals surface area contributed by atoms with Crippen LogP contribution < -0.4 is 14.5 Å². The smallest absolute Gasteiger partial charge is 0.243 e. The monoisotopic (exact) mass is 417 g/mol. The fourth-order valence-corrected chi connectivity index (χ4v) is 4.49. The van der Waals surface area contributed by atoms with Crippen LogP contribution in [0, 0.1) is 6.92 Å². The minimum atomic E-state index is -3.61. The van der Waals surface area contributed by atoms with Gasteiger partial charge in [-0.05, 0) is 49.6 Å². The first-order valence-electron chi connectivity index (χ1n) is 9.84. The Morgan fingerprint density at radius 3 is 2.31 bits per heavy atom. The summed E-state index contributed by atoms with van der Waals surface area (Å²) in [6.45, 7) is 4.99. The van der Waals surface area contributed by atoms with Crippen molar-refractivity contribution in [1.29, 1.82) is 0 Å². The van der Waals surface area contributed by atoms with Gasteiger partial charge in [0.2, 0.25) is 15.9 Å². The average molecular weight is 418 g/mol. The molecule has 0 aliphatic carbocycles. The molecule has 1 atom stereocenters. The molecule has 0 radical (unpaired) electrons. The van der Waals surface area contributed by atoms with Crippen LogP contribution in [0.25, 0.3) is 0 Å². The highest BCUT2D eigenvalue weighted by atomic mass is 32.2. The van der Waals surface area contributed by atoms with Crippen LogP contribution in [0.1, 0.15) is 25.3 Å². The molecular formula is C22H31N3O3S. The third-order valence-corrected chi connectivity index (χ3v) is 5.93. The number of sulfonamides is 1. The molecule has 2 rings (SSSR count). The summed E-state index contributed by atoms with van der Waals surface area (Å²) in [5.41, 5.74) is 2.57. The van der Waals surface area contributed by atoms with Crippen molar-refractivity contribution < 1.29 is 13.2 Å². The van der Waals surface area contributed by atoms with Crippen LogP contribution in [0.5, 0.6) is 0 Å². The number of nitrogens with zero attached hydrogens (tertiary/aromatic N) is 2. The Bertz CT molecular complexity index is 901. The van der Waals surface area contributed by atoms with Crippen molar-refractivity contribution in [3.63, 3.8) is 0 Å². The third-order valence-electron chi connectivity index (χ3n) is 4.75. The Kier molecular flexibility index (Phi) is 8.08. The van der Waals surface area contributed by atoms with Crippen molar-refractivity contribution in [1.82, 2.24) is 5.32 Å². The van der Waals surface area contributed by atoms with E-state index in [1.54, 1.807) is 18.2 Å². The molecule has 6 nitrogen and oxygen atoms in total. The van der Waals surface area contributed by atoms with Gasteiger partial charge in [-0.15, -0.1) is 0 Å². The largest absolute Gasteiger partial charge is 0.375 e. The van der Waals surface area contributed by atoms with Gasteiger partial charge in [0.25, 0.3) is 0 Å².